The molecule has 17 heavy (non-hydrogen) atoms. The molecule has 0 aliphatic carbocycles. The quantitative estimate of drug-likeness (QED) is 0.809. The molecule has 4 heteroatoms. The first-order chi connectivity index (χ1) is 7.99. The number of hydrogen-bond acceptors (Lipinski definition) is 3. The van der Waals surface area contributed by atoms with Crippen LogP contribution in [0.2, 0.25) is 0 Å². The highest BCUT2D eigenvalue weighted by atomic mass is 16.5. The van der Waals surface area contributed by atoms with Crippen molar-refractivity contribution in [2.45, 2.75) is 19.9 Å². The van der Waals surface area contributed by atoms with Crippen LogP contribution in [0.15, 0.2) is 18.2 Å². The molecule has 0 aromatic heterocycles. The first kappa shape index (κ1) is 13.5. The second-order valence-electron chi connectivity index (χ2n) is 4.26. The lowest BCUT2D eigenvalue weighted by molar-refractivity contribution is 0.0634. The summed E-state index contributed by atoms with van der Waals surface area (Å²) in [6, 6.07) is 5.50. The van der Waals surface area contributed by atoms with Gasteiger partial charge in [-0.15, -0.1) is 0 Å². The molecule has 0 aliphatic rings. The summed E-state index contributed by atoms with van der Waals surface area (Å²) >= 11 is 0. The van der Waals surface area contributed by atoms with Crippen LogP contribution in [0.25, 0.3) is 0 Å². The second-order valence-corrected chi connectivity index (χ2v) is 4.26. The van der Waals surface area contributed by atoms with Crippen molar-refractivity contribution in [1.29, 1.82) is 0 Å². The van der Waals surface area contributed by atoms with Gasteiger partial charge < -0.3 is 15.4 Å². The van der Waals surface area contributed by atoms with Crippen molar-refractivity contribution in [1.82, 2.24) is 4.90 Å². The summed E-state index contributed by atoms with van der Waals surface area (Å²) < 4.78 is 5.05. The summed E-state index contributed by atoms with van der Waals surface area (Å²) in [5, 5.41) is 0. The highest BCUT2D eigenvalue weighted by Gasteiger charge is 2.20. The van der Waals surface area contributed by atoms with Gasteiger partial charge in [-0.05, 0) is 25.5 Å². The normalized spacial score (nSPS) is 12.2. The van der Waals surface area contributed by atoms with Gasteiger partial charge in [-0.25, -0.2) is 0 Å². The van der Waals surface area contributed by atoms with Gasteiger partial charge in [0.25, 0.3) is 5.91 Å². The van der Waals surface area contributed by atoms with E-state index < -0.39 is 0 Å². The largest absolute Gasteiger partial charge is 0.398 e. The van der Waals surface area contributed by atoms with Gasteiger partial charge >= 0.3 is 0 Å². The molecule has 0 saturated heterocycles. The Hall–Kier alpha value is -1.55. The van der Waals surface area contributed by atoms with Crippen molar-refractivity contribution in [3.63, 3.8) is 0 Å². The molecule has 0 aliphatic heterocycles. The molecule has 1 atom stereocenters. The van der Waals surface area contributed by atoms with E-state index in [1.807, 2.05) is 26.0 Å². The van der Waals surface area contributed by atoms with E-state index in [1.54, 1.807) is 25.1 Å². The topological polar surface area (TPSA) is 55.6 Å². The third kappa shape index (κ3) is 2.97. The predicted octanol–water partition coefficient (Wildman–Crippen LogP) is 1.68. The summed E-state index contributed by atoms with van der Waals surface area (Å²) in [7, 11) is 3.38. The fourth-order valence-corrected chi connectivity index (χ4v) is 1.71. The Kier molecular flexibility index (Phi) is 4.52. The molecule has 94 valence electrons. The van der Waals surface area contributed by atoms with Crippen molar-refractivity contribution >= 4 is 11.6 Å². The molecule has 0 heterocycles. The zero-order chi connectivity index (χ0) is 13.0. The van der Waals surface area contributed by atoms with Gasteiger partial charge in [0.2, 0.25) is 0 Å². The summed E-state index contributed by atoms with van der Waals surface area (Å²) in [4.78, 5) is 13.9. The molecule has 0 bridgehead atoms. The Labute approximate surface area is 102 Å². The molecule has 0 spiro atoms. The number of aryl methyl sites for hydroxylation is 1. The van der Waals surface area contributed by atoms with Crippen LogP contribution in [0.3, 0.4) is 0 Å². The van der Waals surface area contributed by atoms with E-state index in [0.29, 0.717) is 17.9 Å². The minimum atomic E-state index is -0.0647. The fourth-order valence-electron chi connectivity index (χ4n) is 1.71. The molecule has 1 unspecified atom stereocenters. The SMILES string of the molecule is COCC(C)N(C)C(=O)c1c(C)cccc1N. The zero-order valence-corrected chi connectivity index (χ0v) is 10.9. The number of hydrogen-bond donors (Lipinski definition) is 1. The van der Waals surface area contributed by atoms with E-state index in [-0.39, 0.29) is 11.9 Å². The summed E-state index contributed by atoms with van der Waals surface area (Å²) in [5.74, 6) is -0.0647. The molecule has 0 saturated carbocycles. The number of benzene rings is 1. The number of likely N-dealkylation sites (N-methyl/N-ethyl adjacent to an activating group) is 1. The van der Waals surface area contributed by atoms with E-state index in [0.717, 1.165) is 5.56 Å². The van der Waals surface area contributed by atoms with Crippen LogP contribution >= 0.6 is 0 Å². The number of nitrogens with zero attached hydrogens (tertiary/aromatic N) is 1. The van der Waals surface area contributed by atoms with E-state index in [4.69, 9.17) is 10.5 Å². The minimum absolute atomic E-state index is 0.0199. The molecular weight excluding hydrogens is 216 g/mol. The molecule has 1 aromatic rings. The third-order valence-corrected chi connectivity index (χ3v) is 2.91. The highest BCUT2D eigenvalue weighted by molar-refractivity contribution is 6.00. The molecular formula is C13H20N2O2. The van der Waals surface area contributed by atoms with Crippen molar-refractivity contribution in [3.05, 3.63) is 29.3 Å². The van der Waals surface area contributed by atoms with Gasteiger partial charge in [0.15, 0.2) is 0 Å². The summed E-state index contributed by atoms with van der Waals surface area (Å²) in [5.41, 5.74) is 7.85. The van der Waals surface area contributed by atoms with E-state index >= 15 is 0 Å². The van der Waals surface area contributed by atoms with Crippen LogP contribution < -0.4 is 5.73 Å². The standard InChI is InChI=1S/C13H20N2O2/c1-9-6-5-7-11(14)12(9)13(16)15(3)10(2)8-17-4/h5-7,10H,8,14H2,1-4H3. The fraction of sp³-hybridized carbons (Fsp3) is 0.462. The van der Waals surface area contributed by atoms with Gasteiger partial charge in [-0.1, -0.05) is 12.1 Å². The number of nitrogens with two attached hydrogens (primary N) is 1. The lowest BCUT2D eigenvalue weighted by atomic mass is 10.0. The van der Waals surface area contributed by atoms with Gasteiger partial charge in [0, 0.05) is 19.8 Å². The Morgan fingerprint density at radius 2 is 2.18 bits per heavy atom. The lowest BCUT2D eigenvalue weighted by Crippen LogP contribution is -2.38. The van der Waals surface area contributed by atoms with Crippen molar-refractivity contribution < 1.29 is 9.53 Å². The van der Waals surface area contributed by atoms with Gasteiger partial charge in [0.1, 0.15) is 0 Å². The smallest absolute Gasteiger partial charge is 0.256 e. The molecule has 0 fully saturated rings. The van der Waals surface area contributed by atoms with E-state index in [1.165, 1.54) is 0 Å². The number of carbonyl (C=O) groups is 1. The van der Waals surface area contributed by atoms with Crippen LogP contribution in [-0.4, -0.2) is 37.6 Å². The van der Waals surface area contributed by atoms with Crippen LogP contribution in [0, 0.1) is 6.92 Å². The van der Waals surface area contributed by atoms with Crippen LogP contribution in [0.1, 0.15) is 22.8 Å². The van der Waals surface area contributed by atoms with Crippen molar-refractivity contribution in [2.75, 3.05) is 26.5 Å². The lowest BCUT2D eigenvalue weighted by Gasteiger charge is -2.25. The monoisotopic (exact) mass is 236 g/mol. The number of nitrogen functional groups attached to an aromatic ring is 1. The summed E-state index contributed by atoms with van der Waals surface area (Å²) in [6.07, 6.45) is 0. The van der Waals surface area contributed by atoms with Crippen molar-refractivity contribution in [3.8, 4) is 0 Å². The average Bonchev–Trinajstić information content (AvgIpc) is 2.27. The second kappa shape index (κ2) is 5.68. The van der Waals surface area contributed by atoms with Gasteiger partial charge in [0.05, 0.1) is 18.2 Å². The number of ether oxygens (including phenoxy) is 1. The molecule has 1 aromatic carbocycles. The van der Waals surface area contributed by atoms with Crippen molar-refractivity contribution in [2.24, 2.45) is 0 Å². The van der Waals surface area contributed by atoms with E-state index in [2.05, 4.69) is 0 Å². The number of carbonyl (C=O) groups excluding carboxylic acids is 1. The molecule has 1 amide bonds. The Bertz CT molecular complexity index is 384. The number of amides is 1. The predicted molar refractivity (Wildman–Crippen MR) is 69.0 cm³/mol. The van der Waals surface area contributed by atoms with E-state index in [9.17, 15) is 4.79 Å². The first-order valence-electron chi connectivity index (χ1n) is 5.60. The highest BCUT2D eigenvalue weighted by Crippen LogP contribution is 2.18. The maximum Gasteiger partial charge on any atom is 0.256 e. The number of rotatable bonds is 4. The Morgan fingerprint density at radius 3 is 2.71 bits per heavy atom. The molecule has 4 nitrogen and oxygen atoms in total. The number of anilines is 1. The maximum absolute atomic E-state index is 12.3. The first-order valence-corrected chi connectivity index (χ1v) is 5.60. The summed E-state index contributed by atoms with van der Waals surface area (Å²) in [6.45, 7) is 4.34. The average molecular weight is 236 g/mol. The number of methoxy groups -OCH3 is 1. The molecule has 1 rings (SSSR count). The third-order valence-electron chi connectivity index (χ3n) is 2.91. The van der Waals surface area contributed by atoms with Crippen LogP contribution in [0.5, 0.6) is 0 Å². The van der Waals surface area contributed by atoms with Gasteiger partial charge in [-0.2, -0.15) is 0 Å². The maximum atomic E-state index is 12.3. The molecule has 0 radical (unpaired) electrons. The van der Waals surface area contributed by atoms with Gasteiger partial charge in [-0.3, -0.25) is 4.79 Å². The zero-order valence-electron chi connectivity index (χ0n) is 10.9. The minimum Gasteiger partial charge on any atom is -0.398 e. The Morgan fingerprint density at radius 1 is 1.53 bits per heavy atom. The Balaban J connectivity index is 2.96. The van der Waals surface area contributed by atoms with Crippen LogP contribution in [0.4, 0.5) is 5.69 Å². The van der Waals surface area contributed by atoms with Crippen LogP contribution in [-0.2, 0) is 4.74 Å². The molecule has 2 N–H and O–H groups in total.